The van der Waals surface area contributed by atoms with Crippen LogP contribution in [0.15, 0.2) is 18.2 Å². The molecule has 1 aliphatic heterocycles. The van der Waals surface area contributed by atoms with Crippen molar-refractivity contribution in [3.63, 3.8) is 0 Å². The highest BCUT2D eigenvalue weighted by Gasteiger charge is 2.12. The van der Waals surface area contributed by atoms with Crippen molar-refractivity contribution >= 4 is 11.6 Å². The Balaban J connectivity index is 1.88. The molecule has 1 aromatic rings. The number of morpholine rings is 1. The quantitative estimate of drug-likeness (QED) is 0.900. The van der Waals surface area contributed by atoms with Gasteiger partial charge in [-0.15, -0.1) is 0 Å². The predicted molar refractivity (Wildman–Crippen MR) is 74.8 cm³/mol. The normalized spacial score (nSPS) is 18.3. The van der Waals surface area contributed by atoms with E-state index in [0.717, 1.165) is 38.4 Å². The molecule has 0 amide bonds. The van der Waals surface area contributed by atoms with Gasteiger partial charge in [-0.2, -0.15) is 0 Å². The second kappa shape index (κ2) is 7.10. The van der Waals surface area contributed by atoms with Gasteiger partial charge in [-0.1, -0.05) is 11.6 Å². The van der Waals surface area contributed by atoms with Crippen LogP contribution in [0.5, 0.6) is 5.75 Å². The van der Waals surface area contributed by atoms with E-state index in [1.54, 1.807) is 19.1 Å². The molecule has 1 atom stereocenters. The van der Waals surface area contributed by atoms with Crippen LogP contribution in [0.1, 0.15) is 18.6 Å². The molecular weight excluding hydrogens is 266 g/mol. The second-order valence-electron chi connectivity index (χ2n) is 4.66. The average Bonchev–Trinajstić information content (AvgIpc) is 2.41. The first kappa shape index (κ1) is 14.6. The molecule has 0 saturated carbocycles. The molecule has 1 saturated heterocycles. The zero-order valence-electron chi connectivity index (χ0n) is 11.1. The Morgan fingerprint density at radius 3 is 2.84 bits per heavy atom. The first-order valence-corrected chi connectivity index (χ1v) is 6.95. The number of hydrogen-bond acceptors (Lipinski definition) is 4. The smallest absolute Gasteiger partial charge is 0.125 e. The SMILES string of the molecule is C[C@@H](O)c1cc(Cl)ccc1OCCN1CCOCC1. The van der Waals surface area contributed by atoms with Crippen LogP contribution in [-0.2, 0) is 4.74 Å². The van der Waals surface area contributed by atoms with Crippen molar-refractivity contribution in [1.29, 1.82) is 0 Å². The number of ether oxygens (including phenoxy) is 2. The first-order valence-electron chi connectivity index (χ1n) is 6.57. The fourth-order valence-corrected chi connectivity index (χ4v) is 2.27. The molecule has 0 aliphatic carbocycles. The lowest BCUT2D eigenvalue weighted by atomic mass is 10.1. The lowest BCUT2D eigenvalue weighted by Crippen LogP contribution is -2.38. The van der Waals surface area contributed by atoms with Crippen molar-refractivity contribution in [2.24, 2.45) is 0 Å². The van der Waals surface area contributed by atoms with Crippen LogP contribution in [0, 0.1) is 0 Å². The summed E-state index contributed by atoms with van der Waals surface area (Å²) in [6.07, 6.45) is -0.586. The second-order valence-corrected chi connectivity index (χ2v) is 5.10. The van der Waals surface area contributed by atoms with E-state index in [1.165, 1.54) is 0 Å². The highest BCUT2D eigenvalue weighted by molar-refractivity contribution is 6.30. The van der Waals surface area contributed by atoms with Crippen LogP contribution in [0.4, 0.5) is 0 Å². The van der Waals surface area contributed by atoms with E-state index in [9.17, 15) is 5.11 Å². The van der Waals surface area contributed by atoms with E-state index in [-0.39, 0.29) is 0 Å². The van der Waals surface area contributed by atoms with Crippen LogP contribution in [-0.4, -0.2) is 49.5 Å². The molecule has 2 rings (SSSR count). The van der Waals surface area contributed by atoms with E-state index < -0.39 is 6.10 Å². The van der Waals surface area contributed by atoms with Gasteiger partial charge in [-0.05, 0) is 25.1 Å². The molecule has 1 aliphatic rings. The van der Waals surface area contributed by atoms with Gasteiger partial charge < -0.3 is 14.6 Å². The number of nitrogens with zero attached hydrogens (tertiary/aromatic N) is 1. The van der Waals surface area contributed by atoms with Gasteiger partial charge in [-0.25, -0.2) is 0 Å². The number of hydrogen-bond donors (Lipinski definition) is 1. The van der Waals surface area contributed by atoms with Gasteiger partial charge in [0.1, 0.15) is 12.4 Å². The summed E-state index contributed by atoms with van der Waals surface area (Å²) < 4.78 is 11.1. The van der Waals surface area contributed by atoms with Crippen LogP contribution in [0.25, 0.3) is 0 Å². The molecule has 0 unspecified atom stereocenters. The maximum absolute atomic E-state index is 9.71. The van der Waals surface area contributed by atoms with E-state index in [1.807, 2.05) is 6.07 Å². The summed E-state index contributed by atoms with van der Waals surface area (Å²) in [6, 6.07) is 5.33. The average molecular weight is 286 g/mol. The fraction of sp³-hybridized carbons (Fsp3) is 0.571. The third kappa shape index (κ3) is 4.35. The molecule has 0 radical (unpaired) electrons. The van der Waals surface area contributed by atoms with E-state index in [0.29, 0.717) is 17.4 Å². The molecule has 1 fully saturated rings. The maximum Gasteiger partial charge on any atom is 0.125 e. The van der Waals surface area contributed by atoms with Gasteiger partial charge in [0.25, 0.3) is 0 Å². The summed E-state index contributed by atoms with van der Waals surface area (Å²) >= 11 is 5.93. The summed E-state index contributed by atoms with van der Waals surface area (Å²) in [7, 11) is 0. The molecule has 1 heterocycles. The minimum atomic E-state index is -0.586. The highest BCUT2D eigenvalue weighted by Crippen LogP contribution is 2.28. The molecule has 0 aromatic heterocycles. The molecule has 106 valence electrons. The number of aliphatic hydroxyl groups excluding tert-OH is 1. The Labute approximate surface area is 118 Å². The van der Waals surface area contributed by atoms with E-state index in [2.05, 4.69) is 4.90 Å². The molecule has 0 bridgehead atoms. The van der Waals surface area contributed by atoms with E-state index in [4.69, 9.17) is 21.1 Å². The standard InChI is InChI=1S/C14H20ClNO3/c1-11(17)13-10-12(15)2-3-14(13)19-9-6-16-4-7-18-8-5-16/h2-3,10-11,17H,4-9H2,1H3/t11-/m1/s1. The Bertz CT molecular complexity index is 406. The number of rotatable bonds is 5. The van der Waals surface area contributed by atoms with Crippen molar-refractivity contribution in [1.82, 2.24) is 4.90 Å². The summed E-state index contributed by atoms with van der Waals surface area (Å²) in [4.78, 5) is 2.31. The Kier molecular flexibility index (Phi) is 5.45. The van der Waals surface area contributed by atoms with Crippen molar-refractivity contribution in [3.8, 4) is 5.75 Å². The van der Waals surface area contributed by atoms with Crippen molar-refractivity contribution < 1.29 is 14.6 Å². The third-order valence-corrected chi connectivity index (χ3v) is 3.43. The zero-order chi connectivity index (χ0) is 13.7. The Morgan fingerprint density at radius 2 is 2.16 bits per heavy atom. The van der Waals surface area contributed by atoms with Crippen molar-refractivity contribution in [2.75, 3.05) is 39.5 Å². The van der Waals surface area contributed by atoms with Gasteiger partial charge in [0.15, 0.2) is 0 Å². The minimum absolute atomic E-state index is 0.586. The first-order chi connectivity index (χ1) is 9.16. The van der Waals surface area contributed by atoms with Crippen LogP contribution >= 0.6 is 11.6 Å². The lowest BCUT2D eigenvalue weighted by molar-refractivity contribution is 0.0320. The Hall–Kier alpha value is -0.810. The van der Waals surface area contributed by atoms with Crippen molar-refractivity contribution in [3.05, 3.63) is 28.8 Å². The summed E-state index contributed by atoms with van der Waals surface area (Å²) in [6.45, 7) is 6.66. The van der Waals surface area contributed by atoms with Crippen LogP contribution in [0.3, 0.4) is 0 Å². The monoisotopic (exact) mass is 285 g/mol. The van der Waals surface area contributed by atoms with Gasteiger partial charge in [0.2, 0.25) is 0 Å². The third-order valence-electron chi connectivity index (χ3n) is 3.19. The van der Waals surface area contributed by atoms with E-state index >= 15 is 0 Å². The van der Waals surface area contributed by atoms with Gasteiger partial charge in [0, 0.05) is 30.2 Å². The molecule has 1 N–H and O–H groups in total. The van der Waals surface area contributed by atoms with Gasteiger partial charge >= 0.3 is 0 Å². The predicted octanol–water partition coefficient (Wildman–Crippen LogP) is 2.10. The summed E-state index contributed by atoms with van der Waals surface area (Å²) in [5, 5.41) is 10.3. The number of halogens is 1. The summed E-state index contributed by atoms with van der Waals surface area (Å²) in [5.74, 6) is 0.702. The maximum atomic E-state index is 9.71. The molecule has 0 spiro atoms. The lowest BCUT2D eigenvalue weighted by Gasteiger charge is -2.26. The van der Waals surface area contributed by atoms with Gasteiger partial charge in [0.05, 0.1) is 19.3 Å². The fourth-order valence-electron chi connectivity index (χ4n) is 2.09. The van der Waals surface area contributed by atoms with Gasteiger partial charge in [-0.3, -0.25) is 4.90 Å². The molecule has 1 aromatic carbocycles. The zero-order valence-corrected chi connectivity index (χ0v) is 11.9. The molecule has 4 nitrogen and oxygen atoms in total. The number of aliphatic hydroxyl groups is 1. The highest BCUT2D eigenvalue weighted by atomic mass is 35.5. The largest absolute Gasteiger partial charge is 0.492 e. The summed E-state index contributed by atoms with van der Waals surface area (Å²) in [5.41, 5.74) is 0.731. The minimum Gasteiger partial charge on any atom is -0.492 e. The topological polar surface area (TPSA) is 41.9 Å². The van der Waals surface area contributed by atoms with Crippen LogP contribution in [0.2, 0.25) is 5.02 Å². The molecule has 19 heavy (non-hydrogen) atoms. The molecular formula is C14H20ClNO3. The molecule has 5 heteroatoms. The van der Waals surface area contributed by atoms with Crippen LogP contribution < -0.4 is 4.74 Å². The Morgan fingerprint density at radius 1 is 1.42 bits per heavy atom. The number of benzene rings is 1. The van der Waals surface area contributed by atoms with Crippen molar-refractivity contribution in [2.45, 2.75) is 13.0 Å².